The van der Waals surface area contributed by atoms with E-state index in [1.54, 1.807) is 0 Å². The van der Waals surface area contributed by atoms with Gasteiger partial charge in [-0.2, -0.15) is 0 Å². The van der Waals surface area contributed by atoms with Gasteiger partial charge in [-0.25, -0.2) is 4.98 Å². The summed E-state index contributed by atoms with van der Waals surface area (Å²) in [7, 11) is 3.60. The fraction of sp³-hybridized carbons (Fsp3) is 0.615. The predicted molar refractivity (Wildman–Crippen MR) is 88.8 cm³/mol. The lowest BCUT2D eigenvalue weighted by Gasteiger charge is -2.32. The number of hydrogen-bond donors (Lipinski definition) is 0. The second-order valence-electron chi connectivity index (χ2n) is 5.93. The molecule has 114 valence electrons. The summed E-state index contributed by atoms with van der Waals surface area (Å²) in [5, 5.41) is 0. The first-order valence-corrected chi connectivity index (χ1v) is 6.22. The highest BCUT2D eigenvalue weighted by atomic mass is 35.5. The van der Waals surface area contributed by atoms with E-state index < -0.39 is 0 Å². The molecule has 1 aliphatic heterocycles. The largest absolute Gasteiger partial charge is 0.496 e. The van der Waals surface area contributed by atoms with Crippen LogP contribution in [0.2, 0.25) is 0 Å². The van der Waals surface area contributed by atoms with E-state index in [-0.39, 0.29) is 43.1 Å². The zero-order valence-electron chi connectivity index (χ0n) is 12.8. The quantitative estimate of drug-likeness (QED) is 0.783. The summed E-state index contributed by atoms with van der Waals surface area (Å²) in [6, 6.07) is 3.98. The van der Waals surface area contributed by atoms with Crippen LogP contribution in [0.15, 0.2) is 18.3 Å². The zero-order chi connectivity index (χ0) is 13.6. The summed E-state index contributed by atoms with van der Waals surface area (Å²) in [5.41, 5.74) is 0.342. The van der Waals surface area contributed by atoms with Gasteiger partial charge < -0.3 is 14.2 Å². The first kappa shape index (κ1) is 19.5. The second-order valence-corrected chi connectivity index (χ2v) is 5.93. The maximum Gasteiger partial charge on any atom is 0.496 e. The minimum Gasteiger partial charge on any atom is -0.399 e. The van der Waals surface area contributed by atoms with Crippen molar-refractivity contribution in [3.05, 3.63) is 18.3 Å². The van der Waals surface area contributed by atoms with Crippen molar-refractivity contribution in [1.29, 1.82) is 0 Å². The molecule has 2 heterocycles. The molecule has 1 fully saturated rings. The smallest absolute Gasteiger partial charge is 0.399 e. The van der Waals surface area contributed by atoms with E-state index in [0.717, 1.165) is 11.3 Å². The summed E-state index contributed by atoms with van der Waals surface area (Å²) in [6.07, 6.45) is 1.82. The molecule has 0 saturated carbocycles. The Hall–Kier alpha value is -0.485. The molecule has 1 aromatic rings. The van der Waals surface area contributed by atoms with E-state index in [2.05, 4.69) is 32.7 Å². The van der Waals surface area contributed by atoms with Gasteiger partial charge in [-0.3, -0.25) is 0 Å². The number of aromatic nitrogens is 1. The van der Waals surface area contributed by atoms with Gasteiger partial charge in [-0.1, -0.05) is 6.07 Å². The number of pyridine rings is 1. The first-order chi connectivity index (χ1) is 8.23. The molecule has 0 amide bonds. The SMILES string of the molecule is CN(C)c1ccc(B2OC(C)(C)C(C)(C)O2)cn1.Cl.Cl. The zero-order valence-corrected chi connectivity index (χ0v) is 14.5. The molecule has 0 bridgehead atoms. The summed E-state index contributed by atoms with van der Waals surface area (Å²) >= 11 is 0. The second kappa shape index (κ2) is 6.52. The average Bonchev–Trinajstić information content (AvgIpc) is 2.48. The highest BCUT2D eigenvalue weighted by Gasteiger charge is 2.51. The maximum absolute atomic E-state index is 5.97. The van der Waals surface area contributed by atoms with E-state index in [1.807, 2.05) is 37.3 Å². The van der Waals surface area contributed by atoms with Crippen LogP contribution in [0, 0.1) is 0 Å². The average molecular weight is 321 g/mol. The molecule has 1 aliphatic rings. The molecule has 0 aromatic carbocycles. The van der Waals surface area contributed by atoms with Crippen LogP contribution in [0.25, 0.3) is 0 Å². The Morgan fingerprint density at radius 3 is 1.85 bits per heavy atom. The topological polar surface area (TPSA) is 34.6 Å². The molecule has 7 heteroatoms. The molecular weight excluding hydrogens is 298 g/mol. The van der Waals surface area contributed by atoms with E-state index in [0.29, 0.717) is 0 Å². The fourth-order valence-corrected chi connectivity index (χ4v) is 1.78. The Bertz CT molecular complexity index is 423. The fourth-order valence-electron chi connectivity index (χ4n) is 1.78. The third kappa shape index (κ3) is 3.58. The van der Waals surface area contributed by atoms with Crippen LogP contribution < -0.4 is 10.4 Å². The maximum atomic E-state index is 5.97. The lowest BCUT2D eigenvalue weighted by atomic mass is 9.80. The van der Waals surface area contributed by atoms with Gasteiger partial charge in [0.1, 0.15) is 5.82 Å². The van der Waals surface area contributed by atoms with Crippen molar-refractivity contribution in [1.82, 2.24) is 4.98 Å². The molecule has 20 heavy (non-hydrogen) atoms. The monoisotopic (exact) mass is 320 g/mol. The summed E-state index contributed by atoms with van der Waals surface area (Å²) < 4.78 is 11.9. The minimum absolute atomic E-state index is 0. The molecule has 1 aromatic heterocycles. The van der Waals surface area contributed by atoms with Crippen LogP contribution >= 0.6 is 24.8 Å². The van der Waals surface area contributed by atoms with Crippen molar-refractivity contribution < 1.29 is 9.31 Å². The van der Waals surface area contributed by atoms with E-state index in [1.165, 1.54) is 0 Å². The molecule has 2 rings (SSSR count). The summed E-state index contributed by atoms with van der Waals surface area (Å²) in [6.45, 7) is 8.20. The van der Waals surface area contributed by atoms with Gasteiger partial charge in [0, 0.05) is 25.8 Å². The lowest BCUT2D eigenvalue weighted by Crippen LogP contribution is -2.41. The molecule has 0 spiro atoms. The Balaban J connectivity index is 0.00000180. The van der Waals surface area contributed by atoms with Crippen LogP contribution in [0.5, 0.6) is 0 Å². The van der Waals surface area contributed by atoms with Gasteiger partial charge in [-0.15, -0.1) is 24.8 Å². The van der Waals surface area contributed by atoms with Crippen LogP contribution in [0.1, 0.15) is 27.7 Å². The number of halogens is 2. The van der Waals surface area contributed by atoms with Crippen molar-refractivity contribution in [2.45, 2.75) is 38.9 Å². The molecular formula is C13H23BCl2N2O2. The molecule has 0 atom stereocenters. The van der Waals surface area contributed by atoms with Gasteiger partial charge in [-0.05, 0) is 33.8 Å². The van der Waals surface area contributed by atoms with E-state index >= 15 is 0 Å². The molecule has 4 nitrogen and oxygen atoms in total. The van der Waals surface area contributed by atoms with Crippen LogP contribution in [0.4, 0.5) is 5.82 Å². The van der Waals surface area contributed by atoms with Crippen molar-refractivity contribution >= 4 is 43.2 Å². The van der Waals surface area contributed by atoms with Crippen molar-refractivity contribution in [3.63, 3.8) is 0 Å². The van der Waals surface area contributed by atoms with Crippen molar-refractivity contribution in [2.75, 3.05) is 19.0 Å². The molecule has 0 radical (unpaired) electrons. The van der Waals surface area contributed by atoms with Crippen LogP contribution in [-0.4, -0.2) is 37.4 Å². The van der Waals surface area contributed by atoms with Crippen molar-refractivity contribution in [3.8, 4) is 0 Å². The third-order valence-electron chi connectivity index (χ3n) is 3.75. The van der Waals surface area contributed by atoms with E-state index in [9.17, 15) is 0 Å². The standard InChI is InChI=1S/C13H21BN2O2.2ClH/c1-12(2)13(3,4)18-14(17-12)10-7-8-11(15-9-10)16(5)6;;/h7-9H,1-6H3;2*1H. The molecule has 0 aliphatic carbocycles. The van der Waals surface area contributed by atoms with Gasteiger partial charge in [0.05, 0.1) is 11.2 Å². The van der Waals surface area contributed by atoms with Crippen LogP contribution in [-0.2, 0) is 9.31 Å². The highest BCUT2D eigenvalue weighted by molar-refractivity contribution is 6.62. The summed E-state index contributed by atoms with van der Waals surface area (Å²) in [4.78, 5) is 6.35. The predicted octanol–water partition coefficient (Wildman–Crippen LogP) is 2.29. The normalized spacial score (nSPS) is 19.0. The Morgan fingerprint density at radius 2 is 1.50 bits per heavy atom. The summed E-state index contributed by atoms with van der Waals surface area (Å²) in [5.74, 6) is 0.926. The van der Waals surface area contributed by atoms with Crippen LogP contribution in [0.3, 0.4) is 0 Å². The Kier molecular flexibility index (Phi) is 6.36. The lowest BCUT2D eigenvalue weighted by molar-refractivity contribution is 0.00578. The highest BCUT2D eigenvalue weighted by Crippen LogP contribution is 2.36. The molecule has 0 N–H and O–H groups in total. The Morgan fingerprint density at radius 1 is 1.00 bits per heavy atom. The van der Waals surface area contributed by atoms with Gasteiger partial charge in [0.2, 0.25) is 0 Å². The minimum atomic E-state index is -0.335. The number of rotatable bonds is 2. The number of nitrogens with zero attached hydrogens (tertiary/aromatic N) is 2. The van der Waals surface area contributed by atoms with Crippen molar-refractivity contribution in [2.24, 2.45) is 0 Å². The Labute approximate surface area is 134 Å². The number of anilines is 1. The number of hydrogen-bond acceptors (Lipinski definition) is 4. The first-order valence-electron chi connectivity index (χ1n) is 6.22. The van der Waals surface area contributed by atoms with E-state index in [4.69, 9.17) is 9.31 Å². The molecule has 1 saturated heterocycles. The molecule has 0 unspecified atom stereocenters. The van der Waals surface area contributed by atoms with Gasteiger partial charge in [0.25, 0.3) is 0 Å². The van der Waals surface area contributed by atoms with Gasteiger partial charge >= 0.3 is 7.12 Å². The third-order valence-corrected chi connectivity index (χ3v) is 3.75. The van der Waals surface area contributed by atoms with Gasteiger partial charge in [0.15, 0.2) is 0 Å².